The molecule has 0 unspecified atom stereocenters. The first-order valence-corrected chi connectivity index (χ1v) is 9.83. The highest BCUT2D eigenvalue weighted by molar-refractivity contribution is 9.10. The van der Waals surface area contributed by atoms with Crippen molar-refractivity contribution in [2.75, 3.05) is 16.4 Å². The maximum absolute atomic E-state index is 13.7. The smallest absolute Gasteiger partial charge is 0.234 e. The number of anilines is 3. The third-order valence-electron chi connectivity index (χ3n) is 3.05. The standard InChI is InChI=1S/C16H11BrF2N4OS2/c17-9-5-6-13(11(19)7-9)20-14(24)8-25-16-23-22-15(26-16)21-12-4-2-1-3-10(12)18/h1-7H,8H2,(H,20,24)(H,21,22). The number of hydrogen-bond donors (Lipinski definition) is 2. The summed E-state index contributed by atoms with van der Waals surface area (Å²) in [6.45, 7) is 0. The van der Waals surface area contributed by atoms with Crippen LogP contribution in [0.25, 0.3) is 0 Å². The van der Waals surface area contributed by atoms with E-state index in [2.05, 4.69) is 36.8 Å². The van der Waals surface area contributed by atoms with Gasteiger partial charge in [0.15, 0.2) is 4.34 Å². The lowest BCUT2D eigenvalue weighted by atomic mass is 10.3. The molecule has 5 nitrogen and oxygen atoms in total. The van der Waals surface area contributed by atoms with Gasteiger partial charge in [0, 0.05) is 4.47 Å². The van der Waals surface area contributed by atoms with E-state index in [1.54, 1.807) is 24.3 Å². The number of para-hydroxylation sites is 1. The number of carbonyl (C=O) groups is 1. The number of amides is 1. The Kier molecular flexibility index (Phi) is 6.17. The van der Waals surface area contributed by atoms with Crippen LogP contribution in [-0.4, -0.2) is 21.9 Å². The predicted octanol–water partition coefficient (Wildman–Crippen LogP) is 5.05. The SMILES string of the molecule is O=C(CSc1nnc(Nc2ccccc2F)s1)Nc1ccc(Br)cc1F. The molecule has 1 heterocycles. The Hall–Kier alpha value is -2.04. The first-order valence-electron chi connectivity index (χ1n) is 7.24. The second-order valence-electron chi connectivity index (χ2n) is 4.94. The Labute approximate surface area is 164 Å². The molecule has 0 aliphatic rings. The molecule has 0 bridgehead atoms. The molecule has 0 spiro atoms. The molecular formula is C16H11BrF2N4OS2. The molecule has 0 radical (unpaired) electrons. The fourth-order valence-electron chi connectivity index (χ4n) is 1.90. The molecule has 2 aromatic carbocycles. The number of thioether (sulfide) groups is 1. The first-order chi connectivity index (χ1) is 12.5. The number of rotatable bonds is 6. The van der Waals surface area contributed by atoms with Crippen molar-refractivity contribution in [3.8, 4) is 0 Å². The van der Waals surface area contributed by atoms with Crippen LogP contribution >= 0.6 is 39.0 Å². The molecule has 0 saturated heterocycles. The van der Waals surface area contributed by atoms with Crippen LogP contribution in [0.1, 0.15) is 0 Å². The fraction of sp³-hybridized carbons (Fsp3) is 0.0625. The van der Waals surface area contributed by atoms with E-state index in [9.17, 15) is 13.6 Å². The molecule has 0 fully saturated rings. The zero-order valence-corrected chi connectivity index (χ0v) is 16.2. The van der Waals surface area contributed by atoms with Gasteiger partial charge in [0.1, 0.15) is 11.6 Å². The average molecular weight is 457 g/mol. The Morgan fingerprint density at radius 1 is 1.12 bits per heavy atom. The van der Waals surface area contributed by atoms with Gasteiger partial charge in [-0.3, -0.25) is 4.79 Å². The molecular weight excluding hydrogens is 446 g/mol. The molecule has 1 aromatic heterocycles. The second kappa shape index (κ2) is 8.56. The number of carbonyl (C=O) groups excluding carboxylic acids is 1. The van der Waals surface area contributed by atoms with Gasteiger partial charge in [0.25, 0.3) is 0 Å². The van der Waals surface area contributed by atoms with Crippen molar-refractivity contribution in [2.45, 2.75) is 4.34 Å². The first kappa shape index (κ1) is 18.7. The van der Waals surface area contributed by atoms with Gasteiger partial charge in [0.05, 0.1) is 17.1 Å². The van der Waals surface area contributed by atoms with Gasteiger partial charge in [-0.1, -0.05) is 51.2 Å². The summed E-state index contributed by atoms with van der Waals surface area (Å²) >= 11 is 5.51. The molecule has 26 heavy (non-hydrogen) atoms. The Morgan fingerprint density at radius 3 is 2.69 bits per heavy atom. The maximum Gasteiger partial charge on any atom is 0.234 e. The largest absolute Gasteiger partial charge is 0.328 e. The van der Waals surface area contributed by atoms with Crippen molar-refractivity contribution in [3.63, 3.8) is 0 Å². The van der Waals surface area contributed by atoms with Crippen molar-refractivity contribution in [2.24, 2.45) is 0 Å². The van der Waals surface area contributed by atoms with Gasteiger partial charge < -0.3 is 10.6 Å². The van der Waals surface area contributed by atoms with Gasteiger partial charge in [0.2, 0.25) is 11.0 Å². The third kappa shape index (κ3) is 4.99. The van der Waals surface area contributed by atoms with Crippen LogP contribution in [-0.2, 0) is 4.79 Å². The third-order valence-corrected chi connectivity index (χ3v) is 5.52. The zero-order chi connectivity index (χ0) is 18.5. The molecule has 0 aliphatic carbocycles. The van der Waals surface area contributed by atoms with Crippen LogP contribution in [0.15, 0.2) is 51.3 Å². The van der Waals surface area contributed by atoms with E-state index in [-0.39, 0.29) is 17.3 Å². The molecule has 0 atom stereocenters. The van der Waals surface area contributed by atoms with Crippen LogP contribution in [0.2, 0.25) is 0 Å². The van der Waals surface area contributed by atoms with Gasteiger partial charge in [-0.15, -0.1) is 10.2 Å². The van der Waals surface area contributed by atoms with Crippen LogP contribution in [0.4, 0.5) is 25.3 Å². The zero-order valence-electron chi connectivity index (χ0n) is 13.0. The van der Waals surface area contributed by atoms with E-state index in [0.717, 1.165) is 11.8 Å². The van der Waals surface area contributed by atoms with E-state index in [4.69, 9.17) is 0 Å². The van der Waals surface area contributed by atoms with Crippen LogP contribution in [0.3, 0.4) is 0 Å². The number of nitrogens with zero attached hydrogens (tertiary/aromatic N) is 2. The van der Waals surface area contributed by atoms with E-state index in [0.29, 0.717) is 19.6 Å². The average Bonchev–Trinajstić information content (AvgIpc) is 3.05. The van der Waals surface area contributed by atoms with Crippen molar-refractivity contribution < 1.29 is 13.6 Å². The molecule has 0 aliphatic heterocycles. The summed E-state index contributed by atoms with van der Waals surface area (Å²) in [5.41, 5.74) is 0.404. The molecule has 10 heteroatoms. The number of benzene rings is 2. The molecule has 134 valence electrons. The summed E-state index contributed by atoms with van der Waals surface area (Å²) in [4.78, 5) is 11.9. The quantitative estimate of drug-likeness (QED) is 0.507. The van der Waals surface area contributed by atoms with Gasteiger partial charge in [-0.2, -0.15) is 0 Å². The molecule has 3 aromatic rings. The van der Waals surface area contributed by atoms with Crippen molar-refractivity contribution in [1.29, 1.82) is 0 Å². The lowest BCUT2D eigenvalue weighted by Crippen LogP contribution is -2.14. The summed E-state index contributed by atoms with van der Waals surface area (Å²) in [6, 6.07) is 10.6. The monoisotopic (exact) mass is 456 g/mol. The van der Waals surface area contributed by atoms with Crippen LogP contribution in [0, 0.1) is 11.6 Å². The number of hydrogen-bond acceptors (Lipinski definition) is 6. The summed E-state index contributed by atoms with van der Waals surface area (Å²) in [7, 11) is 0. The molecule has 0 saturated carbocycles. The Morgan fingerprint density at radius 2 is 1.92 bits per heavy atom. The van der Waals surface area contributed by atoms with Gasteiger partial charge in [-0.25, -0.2) is 8.78 Å². The number of halogens is 3. The number of aromatic nitrogens is 2. The highest BCUT2D eigenvalue weighted by Gasteiger charge is 2.11. The normalized spacial score (nSPS) is 10.6. The van der Waals surface area contributed by atoms with Crippen molar-refractivity contribution in [3.05, 3.63) is 58.6 Å². The molecule has 3 rings (SSSR count). The van der Waals surface area contributed by atoms with Gasteiger partial charge in [-0.05, 0) is 30.3 Å². The maximum atomic E-state index is 13.7. The minimum atomic E-state index is -0.523. The minimum absolute atomic E-state index is 0.0455. The predicted molar refractivity (Wildman–Crippen MR) is 103 cm³/mol. The van der Waals surface area contributed by atoms with E-state index < -0.39 is 11.6 Å². The molecule has 1 amide bonds. The minimum Gasteiger partial charge on any atom is -0.328 e. The van der Waals surface area contributed by atoms with Crippen LogP contribution < -0.4 is 10.6 Å². The fourth-order valence-corrected chi connectivity index (χ4v) is 3.80. The Bertz CT molecular complexity index is 938. The van der Waals surface area contributed by atoms with Gasteiger partial charge >= 0.3 is 0 Å². The van der Waals surface area contributed by atoms with E-state index in [1.807, 2.05) is 0 Å². The van der Waals surface area contributed by atoms with E-state index >= 15 is 0 Å². The molecule has 2 N–H and O–H groups in total. The summed E-state index contributed by atoms with van der Waals surface area (Å²) < 4.78 is 28.4. The van der Waals surface area contributed by atoms with Crippen molar-refractivity contribution >= 4 is 61.4 Å². The number of nitrogens with one attached hydrogen (secondary N) is 2. The highest BCUT2D eigenvalue weighted by atomic mass is 79.9. The summed E-state index contributed by atoms with van der Waals surface area (Å²) in [5.74, 6) is -1.24. The highest BCUT2D eigenvalue weighted by Crippen LogP contribution is 2.28. The van der Waals surface area contributed by atoms with Crippen LogP contribution in [0.5, 0.6) is 0 Å². The van der Waals surface area contributed by atoms with E-state index in [1.165, 1.54) is 29.5 Å². The lowest BCUT2D eigenvalue weighted by molar-refractivity contribution is -0.113. The summed E-state index contributed by atoms with van der Waals surface area (Å²) in [6.07, 6.45) is 0. The topological polar surface area (TPSA) is 66.9 Å². The lowest BCUT2D eigenvalue weighted by Gasteiger charge is -2.05. The van der Waals surface area contributed by atoms with Crippen molar-refractivity contribution in [1.82, 2.24) is 10.2 Å². The summed E-state index contributed by atoms with van der Waals surface area (Å²) in [5, 5.41) is 13.6. The second-order valence-corrected chi connectivity index (χ2v) is 8.05. The Balaban J connectivity index is 1.54.